The van der Waals surface area contributed by atoms with E-state index in [-0.39, 0.29) is 5.57 Å². The maximum absolute atomic E-state index is 11.5. The molecule has 5 rings (SSSR count). The number of para-hydroxylation sites is 2. The minimum absolute atomic E-state index is 0.266. The molecule has 4 aromatic carbocycles. The van der Waals surface area contributed by atoms with Crippen molar-refractivity contribution in [3.63, 3.8) is 0 Å². The lowest BCUT2D eigenvalue weighted by molar-refractivity contribution is -0.120. The zero-order chi connectivity index (χ0) is 25.1. The van der Waals surface area contributed by atoms with Crippen LogP contribution in [0.15, 0.2) is 119 Å². The molecule has 0 radical (unpaired) electrons. The molecule has 0 aliphatic carbocycles. The average molecular weight is 474 g/mol. The zero-order valence-electron chi connectivity index (χ0n) is 19.3. The Labute approximate surface area is 208 Å². The van der Waals surface area contributed by atoms with E-state index in [9.17, 15) is 9.59 Å². The Bertz CT molecular complexity index is 1520. The average Bonchev–Trinajstić information content (AvgIpc) is 3.32. The molecule has 6 heteroatoms. The van der Waals surface area contributed by atoms with Gasteiger partial charge in [0.15, 0.2) is 0 Å². The van der Waals surface area contributed by atoms with Crippen molar-refractivity contribution in [2.24, 2.45) is 11.5 Å². The van der Waals surface area contributed by atoms with Crippen LogP contribution in [-0.4, -0.2) is 11.8 Å². The van der Waals surface area contributed by atoms with Gasteiger partial charge in [-0.15, -0.1) is 0 Å². The molecule has 0 bridgehead atoms. The van der Waals surface area contributed by atoms with Gasteiger partial charge in [-0.25, -0.2) is 0 Å². The number of nitrogens with two attached hydrogens (primary N) is 2. The van der Waals surface area contributed by atoms with Crippen LogP contribution in [0, 0.1) is 0 Å². The Morgan fingerprint density at radius 1 is 0.667 bits per heavy atom. The minimum atomic E-state index is -0.872. The van der Waals surface area contributed by atoms with Crippen molar-refractivity contribution in [2.75, 3.05) is 4.90 Å². The number of furan rings is 1. The number of amides is 2. The van der Waals surface area contributed by atoms with Crippen molar-refractivity contribution in [1.29, 1.82) is 0 Å². The molecule has 36 heavy (non-hydrogen) atoms. The van der Waals surface area contributed by atoms with E-state index in [1.807, 2.05) is 60.7 Å². The maximum Gasteiger partial charge on any atom is 0.254 e. The van der Waals surface area contributed by atoms with Gasteiger partial charge in [-0.3, -0.25) is 9.59 Å². The summed E-state index contributed by atoms with van der Waals surface area (Å²) >= 11 is 0. The van der Waals surface area contributed by atoms with Crippen molar-refractivity contribution in [1.82, 2.24) is 0 Å². The highest BCUT2D eigenvalue weighted by molar-refractivity contribution is 6.20. The summed E-state index contributed by atoms with van der Waals surface area (Å²) in [6.45, 7) is 0. The summed E-state index contributed by atoms with van der Waals surface area (Å²) in [5.74, 6) is -1.04. The lowest BCUT2D eigenvalue weighted by Gasteiger charge is -2.25. The van der Waals surface area contributed by atoms with Crippen LogP contribution in [-0.2, 0) is 9.59 Å². The molecule has 1 heterocycles. The number of rotatable bonds is 7. The van der Waals surface area contributed by atoms with E-state index in [4.69, 9.17) is 15.9 Å². The van der Waals surface area contributed by atoms with Gasteiger partial charge in [-0.05, 0) is 72.3 Å². The molecule has 0 aliphatic rings. The molecule has 0 aliphatic heterocycles. The van der Waals surface area contributed by atoms with E-state index in [1.165, 1.54) is 6.08 Å². The van der Waals surface area contributed by atoms with Gasteiger partial charge in [0.2, 0.25) is 0 Å². The summed E-state index contributed by atoms with van der Waals surface area (Å²) in [6.07, 6.45) is 1.36. The van der Waals surface area contributed by atoms with Crippen molar-refractivity contribution in [3.05, 3.63) is 120 Å². The highest BCUT2D eigenvalue weighted by atomic mass is 16.3. The van der Waals surface area contributed by atoms with Crippen molar-refractivity contribution < 1.29 is 14.0 Å². The number of fused-ring (bicyclic) bond motifs is 1. The molecule has 2 amide bonds. The molecule has 176 valence electrons. The van der Waals surface area contributed by atoms with Crippen LogP contribution in [0.3, 0.4) is 0 Å². The first-order valence-corrected chi connectivity index (χ1v) is 11.4. The molecule has 0 spiro atoms. The first kappa shape index (κ1) is 22.7. The number of hydrogen-bond acceptors (Lipinski definition) is 4. The number of anilines is 3. The Kier molecular flexibility index (Phi) is 6.07. The molecule has 5 aromatic rings. The van der Waals surface area contributed by atoms with E-state index < -0.39 is 11.8 Å². The molecular weight excluding hydrogens is 450 g/mol. The molecular formula is C30H23N3O3. The molecule has 4 N–H and O–H groups in total. The molecule has 0 fully saturated rings. The van der Waals surface area contributed by atoms with Gasteiger partial charge in [-0.2, -0.15) is 0 Å². The largest absolute Gasteiger partial charge is 0.456 e. The van der Waals surface area contributed by atoms with Gasteiger partial charge in [0.1, 0.15) is 16.9 Å². The molecule has 0 atom stereocenters. The smallest absolute Gasteiger partial charge is 0.254 e. The molecule has 0 unspecified atom stereocenters. The number of primary amides is 2. The quantitative estimate of drug-likeness (QED) is 0.174. The van der Waals surface area contributed by atoms with E-state index in [0.717, 1.165) is 28.0 Å². The third kappa shape index (κ3) is 4.60. The Morgan fingerprint density at radius 3 is 1.78 bits per heavy atom. The normalized spacial score (nSPS) is 10.7. The second-order valence-corrected chi connectivity index (χ2v) is 8.25. The monoisotopic (exact) mass is 473 g/mol. The molecule has 6 nitrogen and oxygen atoms in total. The predicted molar refractivity (Wildman–Crippen MR) is 143 cm³/mol. The van der Waals surface area contributed by atoms with Crippen LogP contribution >= 0.6 is 0 Å². The third-order valence-corrected chi connectivity index (χ3v) is 5.82. The highest BCUT2D eigenvalue weighted by Crippen LogP contribution is 2.36. The van der Waals surface area contributed by atoms with Crippen LogP contribution in [0.4, 0.5) is 17.1 Å². The summed E-state index contributed by atoms with van der Waals surface area (Å²) in [6, 6.07) is 35.9. The first-order chi connectivity index (χ1) is 17.5. The SMILES string of the molecule is NC(=O)C(=Cc1ccc2cc(-c3ccc(N(c4ccccc4)c4ccccc4)cc3)oc2c1)C(N)=O. The second-order valence-electron chi connectivity index (χ2n) is 8.25. The van der Waals surface area contributed by atoms with Gasteiger partial charge < -0.3 is 20.8 Å². The van der Waals surface area contributed by atoms with Gasteiger partial charge in [0, 0.05) is 28.0 Å². The van der Waals surface area contributed by atoms with E-state index in [1.54, 1.807) is 12.1 Å². The first-order valence-electron chi connectivity index (χ1n) is 11.4. The fourth-order valence-corrected chi connectivity index (χ4v) is 4.09. The van der Waals surface area contributed by atoms with Crippen molar-refractivity contribution in [3.8, 4) is 11.3 Å². The van der Waals surface area contributed by atoms with Gasteiger partial charge in [-0.1, -0.05) is 48.5 Å². The predicted octanol–water partition coefficient (Wildman–Crippen LogP) is 5.92. The number of hydrogen-bond donors (Lipinski definition) is 2. The Balaban J connectivity index is 1.48. The van der Waals surface area contributed by atoms with Crippen molar-refractivity contribution in [2.45, 2.75) is 0 Å². The van der Waals surface area contributed by atoms with E-state index in [0.29, 0.717) is 16.9 Å². The van der Waals surface area contributed by atoms with E-state index >= 15 is 0 Å². The lowest BCUT2D eigenvalue weighted by atomic mass is 10.1. The molecule has 0 saturated carbocycles. The zero-order valence-corrected chi connectivity index (χ0v) is 19.3. The summed E-state index contributed by atoms with van der Waals surface area (Å²) < 4.78 is 6.09. The van der Waals surface area contributed by atoms with Gasteiger partial charge in [0.25, 0.3) is 11.8 Å². The molecule has 1 aromatic heterocycles. The fourth-order valence-electron chi connectivity index (χ4n) is 4.09. The number of carbonyl (C=O) groups excluding carboxylic acids is 2. The van der Waals surface area contributed by atoms with Gasteiger partial charge >= 0.3 is 0 Å². The minimum Gasteiger partial charge on any atom is -0.456 e. The second kappa shape index (κ2) is 9.64. The topological polar surface area (TPSA) is 103 Å². The Morgan fingerprint density at radius 2 is 1.22 bits per heavy atom. The van der Waals surface area contributed by atoms with Crippen molar-refractivity contribution >= 4 is 45.9 Å². The summed E-state index contributed by atoms with van der Waals surface area (Å²) in [5, 5.41) is 0.890. The molecule has 0 saturated heterocycles. The number of carbonyl (C=O) groups is 2. The maximum atomic E-state index is 11.5. The van der Waals surface area contributed by atoms with Crippen LogP contribution in [0.5, 0.6) is 0 Å². The summed E-state index contributed by atoms with van der Waals surface area (Å²) in [4.78, 5) is 25.2. The fraction of sp³-hybridized carbons (Fsp3) is 0. The van der Waals surface area contributed by atoms with Crippen LogP contribution in [0.1, 0.15) is 5.56 Å². The van der Waals surface area contributed by atoms with Crippen LogP contribution in [0.2, 0.25) is 0 Å². The number of nitrogens with zero attached hydrogens (tertiary/aromatic N) is 1. The van der Waals surface area contributed by atoms with Crippen LogP contribution < -0.4 is 16.4 Å². The standard InChI is InChI=1S/C30H23N3O3/c31-29(34)26(30(32)35)17-20-11-12-22-19-28(36-27(22)18-20)21-13-15-25(16-14-21)33(23-7-3-1-4-8-23)24-9-5-2-6-10-24/h1-19H,(H2,31,34)(H2,32,35). The van der Waals surface area contributed by atoms with E-state index in [2.05, 4.69) is 41.3 Å². The Hall–Kier alpha value is -5.10. The van der Waals surface area contributed by atoms with Gasteiger partial charge in [0.05, 0.1) is 0 Å². The van der Waals surface area contributed by atoms with Crippen LogP contribution in [0.25, 0.3) is 28.4 Å². The third-order valence-electron chi connectivity index (χ3n) is 5.82. The number of benzene rings is 4. The summed E-state index contributed by atoms with van der Waals surface area (Å²) in [5.41, 5.74) is 15.5. The highest BCUT2D eigenvalue weighted by Gasteiger charge is 2.14. The summed E-state index contributed by atoms with van der Waals surface area (Å²) in [7, 11) is 0. The lowest BCUT2D eigenvalue weighted by Crippen LogP contribution is -2.25.